The van der Waals surface area contributed by atoms with Crippen LogP contribution in [0.5, 0.6) is 0 Å². The predicted octanol–water partition coefficient (Wildman–Crippen LogP) is 2.17. The van der Waals surface area contributed by atoms with Gasteiger partial charge >= 0.3 is 6.18 Å². The van der Waals surface area contributed by atoms with Crippen molar-refractivity contribution in [2.45, 2.75) is 57.4 Å². The van der Waals surface area contributed by atoms with Gasteiger partial charge in [0, 0.05) is 11.6 Å². The first kappa shape index (κ1) is 17.8. The van der Waals surface area contributed by atoms with Gasteiger partial charge in [-0.05, 0) is 31.9 Å². The Labute approximate surface area is 134 Å². The lowest BCUT2D eigenvalue weighted by molar-refractivity contribution is -0.908. The van der Waals surface area contributed by atoms with E-state index in [1.807, 2.05) is 14.0 Å². The molecule has 6 heteroatoms. The van der Waals surface area contributed by atoms with E-state index in [2.05, 4.69) is 5.32 Å². The number of carbonyl (C=O) groups excluding carboxylic acids is 1. The number of likely N-dealkylation sites (N-methyl/N-ethyl adjacent to an activating group) is 1. The maximum atomic E-state index is 12.6. The molecule has 0 bridgehead atoms. The summed E-state index contributed by atoms with van der Waals surface area (Å²) >= 11 is 0. The fourth-order valence-corrected chi connectivity index (χ4v) is 2.91. The molecule has 128 valence electrons. The van der Waals surface area contributed by atoms with Crippen LogP contribution in [0.2, 0.25) is 0 Å². The van der Waals surface area contributed by atoms with Crippen molar-refractivity contribution in [1.82, 2.24) is 5.32 Å². The molecule has 1 amide bonds. The molecule has 1 aromatic rings. The Morgan fingerprint density at radius 1 is 1.26 bits per heavy atom. The number of hydrogen-bond acceptors (Lipinski definition) is 1. The molecule has 0 radical (unpaired) electrons. The minimum Gasteiger partial charge on any atom is -0.348 e. The molecule has 1 aliphatic rings. The zero-order chi connectivity index (χ0) is 17.0. The topological polar surface area (TPSA) is 33.5 Å². The number of benzene rings is 1. The second-order valence-electron chi connectivity index (χ2n) is 6.43. The highest BCUT2D eigenvalue weighted by atomic mass is 19.4. The SMILES string of the molecule is C[C@H](C(=O)NC1CCCC1)[NH+](C)Cc1ccc(C(F)(F)F)cc1. The van der Waals surface area contributed by atoms with Gasteiger partial charge in [-0.25, -0.2) is 0 Å². The van der Waals surface area contributed by atoms with E-state index in [1.165, 1.54) is 12.1 Å². The van der Waals surface area contributed by atoms with E-state index in [0.717, 1.165) is 48.3 Å². The van der Waals surface area contributed by atoms with E-state index in [0.29, 0.717) is 6.54 Å². The van der Waals surface area contributed by atoms with Gasteiger partial charge in [-0.2, -0.15) is 13.2 Å². The van der Waals surface area contributed by atoms with Crippen LogP contribution in [0.4, 0.5) is 13.2 Å². The molecular weight excluding hydrogens is 305 g/mol. The Bertz CT molecular complexity index is 522. The molecule has 1 aromatic carbocycles. The van der Waals surface area contributed by atoms with Gasteiger partial charge in [0.25, 0.3) is 5.91 Å². The van der Waals surface area contributed by atoms with Crippen molar-refractivity contribution in [2.24, 2.45) is 0 Å². The predicted molar refractivity (Wildman–Crippen MR) is 81.9 cm³/mol. The van der Waals surface area contributed by atoms with Gasteiger partial charge in [-0.1, -0.05) is 25.0 Å². The van der Waals surface area contributed by atoms with Crippen LogP contribution in [0.25, 0.3) is 0 Å². The largest absolute Gasteiger partial charge is 0.416 e. The fourth-order valence-electron chi connectivity index (χ4n) is 2.91. The molecule has 1 aliphatic carbocycles. The molecule has 2 atom stereocenters. The fraction of sp³-hybridized carbons (Fsp3) is 0.588. The molecule has 1 saturated carbocycles. The highest BCUT2D eigenvalue weighted by Crippen LogP contribution is 2.28. The molecule has 2 N–H and O–H groups in total. The van der Waals surface area contributed by atoms with Crippen LogP contribution in [0, 0.1) is 0 Å². The van der Waals surface area contributed by atoms with Gasteiger partial charge in [0.15, 0.2) is 6.04 Å². The first-order chi connectivity index (χ1) is 10.8. The van der Waals surface area contributed by atoms with Crippen molar-refractivity contribution >= 4 is 5.91 Å². The molecule has 0 aromatic heterocycles. The maximum Gasteiger partial charge on any atom is 0.416 e. The van der Waals surface area contributed by atoms with Crippen LogP contribution in [0.3, 0.4) is 0 Å². The lowest BCUT2D eigenvalue weighted by Crippen LogP contribution is -3.12. The zero-order valence-electron chi connectivity index (χ0n) is 13.5. The summed E-state index contributed by atoms with van der Waals surface area (Å²) in [6, 6.07) is 5.18. The Kier molecular flexibility index (Phi) is 5.68. The minimum absolute atomic E-state index is 0.0151. The Balaban J connectivity index is 1.89. The summed E-state index contributed by atoms with van der Waals surface area (Å²) in [4.78, 5) is 13.2. The lowest BCUT2D eigenvalue weighted by Gasteiger charge is -2.23. The Morgan fingerprint density at radius 3 is 2.35 bits per heavy atom. The Morgan fingerprint density at radius 2 is 1.83 bits per heavy atom. The van der Waals surface area contributed by atoms with E-state index in [1.54, 1.807) is 0 Å². The molecule has 1 fully saturated rings. The number of alkyl halides is 3. The number of quaternary nitrogens is 1. The van der Waals surface area contributed by atoms with Crippen LogP contribution in [-0.2, 0) is 17.5 Å². The summed E-state index contributed by atoms with van der Waals surface area (Å²) in [5, 5.41) is 3.07. The van der Waals surface area contributed by atoms with E-state index in [9.17, 15) is 18.0 Å². The molecule has 0 spiro atoms. The van der Waals surface area contributed by atoms with Gasteiger partial charge in [-0.3, -0.25) is 4.79 Å². The quantitative estimate of drug-likeness (QED) is 0.853. The van der Waals surface area contributed by atoms with Gasteiger partial charge in [0.2, 0.25) is 0 Å². The maximum absolute atomic E-state index is 12.6. The molecule has 23 heavy (non-hydrogen) atoms. The summed E-state index contributed by atoms with van der Waals surface area (Å²) in [6.45, 7) is 2.36. The van der Waals surface area contributed by atoms with E-state index in [4.69, 9.17) is 0 Å². The molecular formula is C17H24F3N2O+. The molecule has 1 unspecified atom stereocenters. The normalized spacial score (nSPS) is 18.7. The molecule has 3 nitrogen and oxygen atoms in total. The van der Waals surface area contributed by atoms with Crippen LogP contribution in [-0.4, -0.2) is 25.0 Å². The van der Waals surface area contributed by atoms with Gasteiger partial charge in [-0.15, -0.1) is 0 Å². The van der Waals surface area contributed by atoms with Crippen molar-refractivity contribution in [2.75, 3.05) is 7.05 Å². The highest BCUT2D eigenvalue weighted by Gasteiger charge is 2.30. The number of hydrogen-bond donors (Lipinski definition) is 2. The van der Waals surface area contributed by atoms with Gasteiger partial charge in [0.1, 0.15) is 6.54 Å². The minimum atomic E-state index is -4.31. The standard InChI is InChI=1S/C17H23F3N2O/c1-12(16(23)21-15-5-3-4-6-15)22(2)11-13-7-9-14(10-8-13)17(18,19)20/h7-10,12,15H,3-6,11H2,1-2H3,(H,21,23)/p+1/t12-/m1/s1. The first-order valence-corrected chi connectivity index (χ1v) is 8.06. The average Bonchev–Trinajstić information content (AvgIpc) is 2.98. The molecule has 0 saturated heterocycles. The van der Waals surface area contributed by atoms with Crippen molar-refractivity contribution in [3.8, 4) is 0 Å². The van der Waals surface area contributed by atoms with E-state index < -0.39 is 11.7 Å². The van der Waals surface area contributed by atoms with Gasteiger partial charge in [0.05, 0.1) is 12.6 Å². The van der Waals surface area contributed by atoms with Gasteiger partial charge < -0.3 is 10.2 Å². The monoisotopic (exact) mass is 329 g/mol. The second-order valence-corrected chi connectivity index (χ2v) is 6.43. The lowest BCUT2D eigenvalue weighted by atomic mass is 10.1. The van der Waals surface area contributed by atoms with Crippen LogP contribution < -0.4 is 10.2 Å². The number of amides is 1. The molecule has 2 rings (SSSR count). The van der Waals surface area contributed by atoms with Crippen molar-refractivity contribution in [3.63, 3.8) is 0 Å². The third-order valence-corrected chi connectivity index (χ3v) is 4.60. The summed E-state index contributed by atoms with van der Waals surface area (Å²) in [5.74, 6) is 0.0151. The zero-order valence-corrected chi connectivity index (χ0v) is 13.5. The van der Waals surface area contributed by atoms with Crippen LogP contribution in [0.1, 0.15) is 43.7 Å². The van der Waals surface area contributed by atoms with Crippen molar-refractivity contribution < 1.29 is 22.9 Å². The smallest absolute Gasteiger partial charge is 0.348 e. The van der Waals surface area contributed by atoms with E-state index in [-0.39, 0.29) is 18.0 Å². The third-order valence-electron chi connectivity index (χ3n) is 4.60. The number of nitrogens with one attached hydrogen (secondary N) is 2. The van der Waals surface area contributed by atoms with Crippen LogP contribution in [0.15, 0.2) is 24.3 Å². The Hall–Kier alpha value is -1.56. The summed E-state index contributed by atoms with van der Waals surface area (Å²) in [6.07, 6.45) is 0.0831. The first-order valence-electron chi connectivity index (χ1n) is 8.06. The average molecular weight is 329 g/mol. The molecule has 0 heterocycles. The summed E-state index contributed by atoms with van der Waals surface area (Å²) < 4.78 is 37.7. The number of rotatable bonds is 5. The van der Waals surface area contributed by atoms with Crippen molar-refractivity contribution in [3.05, 3.63) is 35.4 Å². The summed E-state index contributed by atoms with van der Waals surface area (Å²) in [7, 11) is 1.89. The van der Waals surface area contributed by atoms with Crippen LogP contribution >= 0.6 is 0 Å². The molecule has 0 aliphatic heterocycles. The number of halogens is 3. The van der Waals surface area contributed by atoms with E-state index >= 15 is 0 Å². The van der Waals surface area contributed by atoms with Crippen molar-refractivity contribution in [1.29, 1.82) is 0 Å². The second kappa shape index (κ2) is 7.34. The number of carbonyl (C=O) groups is 1. The highest BCUT2D eigenvalue weighted by molar-refractivity contribution is 5.80. The summed E-state index contributed by atoms with van der Waals surface area (Å²) in [5.41, 5.74) is 0.141. The third kappa shape index (κ3) is 4.96.